The molecule has 0 spiro atoms. The van der Waals surface area contributed by atoms with Crippen LogP contribution in [0.15, 0.2) is 28.6 Å². The van der Waals surface area contributed by atoms with E-state index in [0.29, 0.717) is 0 Å². The minimum Gasteiger partial charge on any atom is -0.478 e. The Balaban J connectivity index is 3.68. The van der Waals surface area contributed by atoms with E-state index in [9.17, 15) is 4.79 Å². The lowest BCUT2D eigenvalue weighted by atomic mass is 10.2. The molecule has 0 fully saturated rings. The van der Waals surface area contributed by atoms with E-state index in [-0.39, 0.29) is 16.6 Å². The Kier molecular flexibility index (Phi) is 1.00. The summed E-state index contributed by atoms with van der Waals surface area (Å²) in [6.07, 6.45) is 0. The van der Waals surface area contributed by atoms with E-state index in [0.717, 1.165) is 0 Å². The SMILES string of the molecule is [2H]c1c([2H])c(C(=O)O)c([2H])c([2H])c1Br. The number of halogens is 1. The molecular formula is C7H5BrO2. The van der Waals surface area contributed by atoms with Gasteiger partial charge in [-0.05, 0) is 24.2 Å². The van der Waals surface area contributed by atoms with Crippen LogP contribution in [0.3, 0.4) is 0 Å². The molecule has 0 amide bonds. The Labute approximate surface area is 72.2 Å². The van der Waals surface area contributed by atoms with Gasteiger partial charge in [0.05, 0.1) is 11.0 Å². The Morgan fingerprint density at radius 3 is 2.40 bits per heavy atom. The average Bonchev–Trinajstić information content (AvgIpc) is 2.11. The molecule has 2 nitrogen and oxygen atoms in total. The molecule has 1 N–H and O–H groups in total. The van der Waals surface area contributed by atoms with Gasteiger partial charge in [0.1, 0.15) is 0 Å². The maximum Gasteiger partial charge on any atom is 0.335 e. The fraction of sp³-hybridized carbons (Fsp3) is 0. The van der Waals surface area contributed by atoms with Crippen molar-refractivity contribution in [3.8, 4) is 0 Å². The molecule has 52 valence electrons. The molecule has 0 aliphatic carbocycles. The Hall–Kier alpha value is -0.830. The van der Waals surface area contributed by atoms with Gasteiger partial charge in [-0.25, -0.2) is 4.79 Å². The van der Waals surface area contributed by atoms with Crippen molar-refractivity contribution < 1.29 is 15.4 Å². The van der Waals surface area contributed by atoms with Crippen molar-refractivity contribution >= 4 is 21.9 Å². The molecule has 3 heteroatoms. The van der Waals surface area contributed by atoms with Crippen LogP contribution in [0.2, 0.25) is 0 Å². The monoisotopic (exact) mass is 204 g/mol. The lowest BCUT2D eigenvalue weighted by Crippen LogP contribution is -1.94. The minimum absolute atomic E-state index is 0.0301. The average molecular weight is 205 g/mol. The molecule has 1 aromatic rings. The van der Waals surface area contributed by atoms with Gasteiger partial charge in [0.2, 0.25) is 0 Å². The van der Waals surface area contributed by atoms with Crippen LogP contribution in [-0.2, 0) is 0 Å². The van der Waals surface area contributed by atoms with Gasteiger partial charge in [-0.1, -0.05) is 15.9 Å². The molecule has 0 bridgehead atoms. The summed E-state index contributed by atoms with van der Waals surface area (Å²) in [5.41, 5.74) is -0.608. The molecule has 0 saturated carbocycles. The van der Waals surface area contributed by atoms with E-state index in [1.165, 1.54) is 0 Å². The second kappa shape index (κ2) is 2.84. The lowest BCUT2D eigenvalue weighted by Gasteiger charge is -1.91. The molecule has 1 rings (SSSR count). The predicted molar refractivity (Wildman–Crippen MR) is 41.1 cm³/mol. The van der Waals surface area contributed by atoms with Gasteiger partial charge >= 0.3 is 5.97 Å². The van der Waals surface area contributed by atoms with Crippen LogP contribution in [0.1, 0.15) is 15.8 Å². The quantitative estimate of drug-likeness (QED) is 0.762. The summed E-state index contributed by atoms with van der Waals surface area (Å²) in [6, 6.07) is -1.87. The number of carbonyl (C=O) groups is 1. The third-order valence-electron chi connectivity index (χ3n) is 0.808. The Morgan fingerprint density at radius 2 is 2.00 bits per heavy atom. The lowest BCUT2D eigenvalue weighted by molar-refractivity contribution is 0.0697. The molecule has 0 saturated heterocycles. The van der Waals surface area contributed by atoms with Crippen molar-refractivity contribution in [2.45, 2.75) is 0 Å². The topological polar surface area (TPSA) is 37.3 Å². The fourth-order valence-corrected chi connectivity index (χ4v) is 0.602. The number of aromatic carboxylic acids is 1. The number of benzene rings is 1. The van der Waals surface area contributed by atoms with Crippen LogP contribution < -0.4 is 0 Å². The Morgan fingerprint density at radius 1 is 1.50 bits per heavy atom. The molecule has 1 aromatic carbocycles. The van der Waals surface area contributed by atoms with E-state index in [1.54, 1.807) is 0 Å². The van der Waals surface area contributed by atoms with Crippen molar-refractivity contribution in [2.75, 3.05) is 0 Å². The van der Waals surface area contributed by atoms with Crippen LogP contribution in [0.5, 0.6) is 0 Å². The van der Waals surface area contributed by atoms with Crippen molar-refractivity contribution in [3.63, 3.8) is 0 Å². The van der Waals surface area contributed by atoms with Crippen molar-refractivity contribution in [2.24, 2.45) is 0 Å². The van der Waals surface area contributed by atoms with Crippen LogP contribution in [0.4, 0.5) is 0 Å². The summed E-state index contributed by atoms with van der Waals surface area (Å²) in [5.74, 6) is -1.46. The number of carboxylic acid groups (broad SMARTS) is 1. The maximum atomic E-state index is 10.6. The van der Waals surface area contributed by atoms with Gasteiger partial charge in [0, 0.05) is 4.47 Å². The van der Waals surface area contributed by atoms with Gasteiger partial charge in [-0.3, -0.25) is 0 Å². The molecule has 0 heterocycles. The van der Waals surface area contributed by atoms with Gasteiger partial charge in [0.15, 0.2) is 0 Å². The third kappa shape index (κ3) is 1.57. The number of carboxylic acids is 1. The zero-order valence-corrected chi connectivity index (χ0v) is 6.32. The summed E-state index contributed by atoms with van der Waals surface area (Å²) >= 11 is 2.86. The summed E-state index contributed by atoms with van der Waals surface area (Å²) in [6.45, 7) is 0. The fourth-order valence-electron chi connectivity index (χ4n) is 0.404. The van der Waals surface area contributed by atoms with Gasteiger partial charge in [-0.15, -0.1) is 0 Å². The molecule has 0 aliphatic heterocycles. The van der Waals surface area contributed by atoms with Crippen LogP contribution in [-0.4, -0.2) is 11.1 Å². The van der Waals surface area contributed by atoms with Gasteiger partial charge < -0.3 is 5.11 Å². The number of hydrogen-bond donors (Lipinski definition) is 1. The van der Waals surface area contributed by atoms with Crippen LogP contribution in [0, 0.1) is 0 Å². The van der Waals surface area contributed by atoms with E-state index in [4.69, 9.17) is 10.6 Å². The van der Waals surface area contributed by atoms with Gasteiger partial charge in [0.25, 0.3) is 0 Å². The van der Waals surface area contributed by atoms with E-state index >= 15 is 0 Å². The maximum absolute atomic E-state index is 10.6. The van der Waals surface area contributed by atoms with Crippen molar-refractivity contribution in [1.29, 1.82) is 0 Å². The molecular weight excluding hydrogens is 196 g/mol. The first-order valence-corrected chi connectivity index (χ1v) is 3.16. The largest absolute Gasteiger partial charge is 0.478 e. The van der Waals surface area contributed by atoms with E-state index in [2.05, 4.69) is 15.9 Å². The van der Waals surface area contributed by atoms with Crippen molar-refractivity contribution in [1.82, 2.24) is 0 Å². The number of rotatable bonds is 1. The van der Waals surface area contributed by atoms with E-state index in [1.807, 2.05) is 0 Å². The van der Waals surface area contributed by atoms with Crippen LogP contribution in [0.25, 0.3) is 0 Å². The number of hydrogen-bond acceptors (Lipinski definition) is 1. The Bertz CT molecular complexity index is 390. The highest BCUT2D eigenvalue weighted by molar-refractivity contribution is 9.10. The van der Waals surface area contributed by atoms with Crippen molar-refractivity contribution in [3.05, 3.63) is 34.2 Å². The normalized spacial score (nSPS) is 14.9. The van der Waals surface area contributed by atoms with E-state index < -0.39 is 23.6 Å². The summed E-state index contributed by atoms with van der Waals surface area (Å²) in [5, 5.41) is 8.66. The molecule has 0 atom stereocenters. The molecule has 0 aliphatic rings. The highest BCUT2D eigenvalue weighted by Crippen LogP contribution is 2.09. The minimum atomic E-state index is -1.46. The predicted octanol–water partition coefficient (Wildman–Crippen LogP) is 2.15. The highest BCUT2D eigenvalue weighted by Gasteiger charge is 1.98. The first-order valence-electron chi connectivity index (χ1n) is 4.37. The second-order valence-electron chi connectivity index (χ2n) is 1.49. The molecule has 0 radical (unpaired) electrons. The second-order valence-corrected chi connectivity index (χ2v) is 2.29. The summed E-state index contributed by atoms with van der Waals surface area (Å²) in [4.78, 5) is 10.6. The van der Waals surface area contributed by atoms with Crippen LogP contribution >= 0.6 is 15.9 Å². The van der Waals surface area contributed by atoms with Gasteiger partial charge in [-0.2, -0.15) is 0 Å². The summed E-state index contributed by atoms with van der Waals surface area (Å²) < 4.78 is 29.2. The first kappa shape index (κ1) is 3.53. The highest BCUT2D eigenvalue weighted by atomic mass is 79.9. The smallest absolute Gasteiger partial charge is 0.335 e. The standard InChI is InChI=1S/C7H5BrO2/c8-6-3-1-5(2-4-6)7(9)10/h1-4H,(H,9,10)/i1D,2D,3D,4D. The molecule has 0 aromatic heterocycles. The molecule has 10 heavy (non-hydrogen) atoms. The zero-order chi connectivity index (χ0) is 11.0. The zero-order valence-electron chi connectivity index (χ0n) is 8.73. The third-order valence-corrected chi connectivity index (χ3v) is 1.20. The summed E-state index contributed by atoms with van der Waals surface area (Å²) in [7, 11) is 0. The first-order chi connectivity index (χ1) is 6.37. The molecule has 0 unspecified atom stereocenters.